The minimum atomic E-state index is -0.278. The molecule has 1 aromatic heterocycles. The minimum absolute atomic E-state index is 0.0800. The Morgan fingerprint density at radius 1 is 1.23 bits per heavy atom. The molecule has 0 atom stereocenters. The van der Waals surface area contributed by atoms with E-state index in [1.54, 1.807) is 18.0 Å². The van der Waals surface area contributed by atoms with Crippen molar-refractivity contribution in [2.24, 2.45) is 5.10 Å². The second-order valence-electron chi connectivity index (χ2n) is 6.35. The van der Waals surface area contributed by atoms with Crippen LogP contribution in [0.25, 0.3) is 11.3 Å². The summed E-state index contributed by atoms with van der Waals surface area (Å²) in [6.07, 6.45) is 3.73. The first-order valence-corrected chi connectivity index (χ1v) is 9.39. The van der Waals surface area contributed by atoms with E-state index in [1.807, 2.05) is 60.8 Å². The molecule has 0 saturated carbocycles. The van der Waals surface area contributed by atoms with Crippen molar-refractivity contribution in [2.45, 2.75) is 13.0 Å². The van der Waals surface area contributed by atoms with Crippen molar-refractivity contribution in [3.05, 3.63) is 66.4 Å². The topological polar surface area (TPSA) is 104 Å². The number of anilines is 1. The Morgan fingerprint density at radius 2 is 2.00 bits per heavy atom. The molecule has 2 aromatic carbocycles. The molecular weight excluding hydrogens is 380 g/mol. The molecule has 3 rings (SSSR count). The van der Waals surface area contributed by atoms with E-state index in [4.69, 9.17) is 10.00 Å². The Hall–Kier alpha value is -4.12. The normalized spacial score (nSPS) is 10.5. The summed E-state index contributed by atoms with van der Waals surface area (Å²) in [5, 5.41) is 20.4. The van der Waals surface area contributed by atoms with Gasteiger partial charge in [0.1, 0.15) is 11.4 Å². The van der Waals surface area contributed by atoms with Gasteiger partial charge in [-0.2, -0.15) is 15.5 Å². The van der Waals surface area contributed by atoms with E-state index < -0.39 is 0 Å². The largest absolute Gasteiger partial charge is 0.497 e. The Labute approximate surface area is 174 Å². The molecule has 0 fully saturated rings. The van der Waals surface area contributed by atoms with Crippen LogP contribution >= 0.6 is 0 Å². The zero-order chi connectivity index (χ0) is 21.2. The van der Waals surface area contributed by atoms with Crippen molar-refractivity contribution < 1.29 is 9.53 Å². The summed E-state index contributed by atoms with van der Waals surface area (Å²) in [7, 11) is 1.60. The molecule has 152 valence electrons. The number of aromatic nitrogens is 2. The zero-order valence-corrected chi connectivity index (χ0v) is 16.6. The molecule has 0 radical (unpaired) electrons. The second kappa shape index (κ2) is 10.4. The van der Waals surface area contributed by atoms with Gasteiger partial charge in [0.2, 0.25) is 0 Å². The third kappa shape index (κ3) is 5.69. The number of hydrogen-bond donors (Lipinski definition) is 2. The first kappa shape index (κ1) is 20.6. The summed E-state index contributed by atoms with van der Waals surface area (Å²) < 4.78 is 6.81. The molecule has 8 heteroatoms. The number of carbonyl (C=O) groups excluding carboxylic acids is 1. The fraction of sp³-hybridized carbons (Fsp3) is 0.182. The van der Waals surface area contributed by atoms with Gasteiger partial charge in [-0.15, -0.1) is 0 Å². The van der Waals surface area contributed by atoms with E-state index in [0.717, 1.165) is 28.3 Å². The molecule has 1 heterocycles. The lowest BCUT2D eigenvalue weighted by molar-refractivity contribution is -0.119. The average Bonchev–Trinajstić information content (AvgIpc) is 3.20. The summed E-state index contributed by atoms with van der Waals surface area (Å²) in [6, 6.07) is 19.1. The number of amides is 1. The fourth-order valence-corrected chi connectivity index (χ4v) is 2.74. The van der Waals surface area contributed by atoms with Gasteiger partial charge in [0.05, 0.1) is 38.9 Å². The van der Waals surface area contributed by atoms with E-state index in [-0.39, 0.29) is 12.5 Å². The number of benzene rings is 2. The van der Waals surface area contributed by atoms with Crippen molar-refractivity contribution in [1.82, 2.24) is 15.2 Å². The summed E-state index contributed by atoms with van der Waals surface area (Å²) in [5.41, 5.74) is 5.74. The van der Waals surface area contributed by atoms with E-state index in [2.05, 4.69) is 27.0 Å². The Morgan fingerprint density at radius 3 is 2.70 bits per heavy atom. The smallest absolute Gasteiger partial charge is 0.259 e. The van der Waals surface area contributed by atoms with Crippen LogP contribution in [0.3, 0.4) is 0 Å². The average molecular weight is 402 g/mol. The molecular formula is C22H22N6O2. The first-order chi connectivity index (χ1) is 14.7. The van der Waals surface area contributed by atoms with Crippen molar-refractivity contribution >= 4 is 17.8 Å². The van der Waals surface area contributed by atoms with Crippen LogP contribution in [-0.2, 0) is 11.3 Å². The Kier molecular flexibility index (Phi) is 7.17. The number of hydrogen-bond acceptors (Lipinski definition) is 6. The monoisotopic (exact) mass is 402 g/mol. The van der Waals surface area contributed by atoms with Gasteiger partial charge in [-0.1, -0.05) is 30.3 Å². The molecule has 0 aliphatic carbocycles. The molecule has 3 aromatic rings. The van der Waals surface area contributed by atoms with Crippen LogP contribution in [-0.4, -0.2) is 35.6 Å². The van der Waals surface area contributed by atoms with E-state index in [9.17, 15) is 4.79 Å². The van der Waals surface area contributed by atoms with E-state index in [0.29, 0.717) is 13.0 Å². The van der Waals surface area contributed by atoms with Crippen LogP contribution < -0.4 is 15.5 Å². The molecule has 0 aliphatic heterocycles. The maximum atomic E-state index is 12.1. The van der Waals surface area contributed by atoms with Crippen LogP contribution in [0.15, 0.2) is 65.9 Å². The lowest BCUT2D eigenvalue weighted by Crippen LogP contribution is -2.25. The predicted octanol–water partition coefficient (Wildman–Crippen LogP) is 3.03. The van der Waals surface area contributed by atoms with Crippen LogP contribution in [0.1, 0.15) is 12.0 Å². The van der Waals surface area contributed by atoms with Crippen LogP contribution in [0, 0.1) is 11.3 Å². The highest BCUT2D eigenvalue weighted by Crippen LogP contribution is 2.20. The number of nitrogens with zero attached hydrogens (tertiary/aromatic N) is 4. The molecule has 0 bridgehead atoms. The number of hydrazone groups is 1. The third-order valence-electron chi connectivity index (χ3n) is 4.23. The zero-order valence-electron chi connectivity index (χ0n) is 16.6. The third-order valence-corrected chi connectivity index (χ3v) is 4.23. The lowest BCUT2D eigenvalue weighted by atomic mass is 10.1. The summed E-state index contributed by atoms with van der Waals surface area (Å²) >= 11 is 0. The van der Waals surface area contributed by atoms with Gasteiger partial charge in [0, 0.05) is 23.0 Å². The predicted molar refractivity (Wildman–Crippen MR) is 115 cm³/mol. The molecule has 30 heavy (non-hydrogen) atoms. The van der Waals surface area contributed by atoms with Crippen molar-refractivity contribution in [3.63, 3.8) is 0 Å². The number of carbonyl (C=O) groups is 1. The van der Waals surface area contributed by atoms with Gasteiger partial charge in [-0.05, 0) is 24.3 Å². The Bertz CT molecular complexity index is 1040. The maximum absolute atomic E-state index is 12.1. The highest BCUT2D eigenvalue weighted by molar-refractivity contribution is 5.89. The lowest BCUT2D eigenvalue weighted by Gasteiger charge is -2.06. The molecule has 0 unspecified atom stereocenters. The summed E-state index contributed by atoms with van der Waals surface area (Å²) in [6.45, 7) is 0.568. The van der Waals surface area contributed by atoms with Gasteiger partial charge < -0.3 is 10.1 Å². The number of nitriles is 1. The van der Waals surface area contributed by atoms with Crippen molar-refractivity contribution in [2.75, 3.05) is 19.0 Å². The van der Waals surface area contributed by atoms with Crippen LogP contribution in [0.2, 0.25) is 0 Å². The summed E-state index contributed by atoms with van der Waals surface area (Å²) in [5.74, 6) is 0.472. The number of aryl methyl sites for hydroxylation is 1. The van der Waals surface area contributed by atoms with E-state index in [1.165, 1.54) is 0 Å². The standard InChI is InChI=1S/C22H22N6O2/c1-30-20-10-8-19(9-11-20)24-15-21(29)26-25-14-18-16-28(13-5-12-23)27-22(18)17-6-3-2-4-7-17/h2-4,6-11,14,16,24H,5,13,15H2,1H3,(H,26,29)/b25-14-. The van der Waals surface area contributed by atoms with Crippen LogP contribution in [0.4, 0.5) is 5.69 Å². The van der Waals surface area contributed by atoms with Crippen LogP contribution in [0.5, 0.6) is 5.75 Å². The maximum Gasteiger partial charge on any atom is 0.259 e. The number of ether oxygens (including phenoxy) is 1. The van der Waals surface area contributed by atoms with Crippen molar-refractivity contribution in [3.8, 4) is 23.1 Å². The second-order valence-corrected chi connectivity index (χ2v) is 6.35. The fourth-order valence-electron chi connectivity index (χ4n) is 2.74. The Balaban J connectivity index is 1.62. The molecule has 0 saturated heterocycles. The highest BCUT2D eigenvalue weighted by Gasteiger charge is 2.10. The number of nitrogens with one attached hydrogen (secondary N) is 2. The van der Waals surface area contributed by atoms with Gasteiger partial charge >= 0.3 is 0 Å². The van der Waals surface area contributed by atoms with Gasteiger partial charge in [-0.3, -0.25) is 9.48 Å². The number of methoxy groups -OCH3 is 1. The summed E-state index contributed by atoms with van der Waals surface area (Å²) in [4.78, 5) is 12.1. The molecule has 0 spiro atoms. The molecule has 8 nitrogen and oxygen atoms in total. The molecule has 2 N–H and O–H groups in total. The quantitative estimate of drug-likeness (QED) is 0.423. The van der Waals surface area contributed by atoms with Gasteiger partial charge in [0.15, 0.2) is 0 Å². The van der Waals surface area contributed by atoms with E-state index >= 15 is 0 Å². The number of rotatable bonds is 9. The van der Waals surface area contributed by atoms with Crippen molar-refractivity contribution in [1.29, 1.82) is 5.26 Å². The van der Waals surface area contributed by atoms with Gasteiger partial charge in [-0.25, -0.2) is 5.43 Å². The minimum Gasteiger partial charge on any atom is -0.497 e. The molecule has 1 amide bonds. The first-order valence-electron chi connectivity index (χ1n) is 9.39. The highest BCUT2D eigenvalue weighted by atomic mass is 16.5. The van der Waals surface area contributed by atoms with Gasteiger partial charge in [0.25, 0.3) is 5.91 Å². The SMILES string of the molecule is COc1ccc(NCC(=O)N/N=C\c2cn(CCC#N)nc2-c2ccccc2)cc1. The molecule has 0 aliphatic rings.